The van der Waals surface area contributed by atoms with Crippen LogP contribution in [0.3, 0.4) is 0 Å². The highest BCUT2D eigenvalue weighted by Crippen LogP contribution is 2.23. The molecule has 0 bridgehead atoms. The Hall–Kier alpha value is -0.283. The lowest BCUT2D eigenvalue weighted by molar-refractivity contribution is 0.542. The fourth-order valence-electron chi connectivity index (χ4n) is 1.50. The summed E-state index contributed by atoms with van der Waals surface area (Å²) in [6.07, 6.45) is 2.52. The molecule has 0 aliphatic rings. The first-order valence-corrected chi connectivity index (χ1v) is 9.39. The number of rotatable bonds is 5. The molecule has 1 rings (SSSR count). The summed E-state index contributed by atoms with van der Waals surface area (Å²) in [6, 6.07) is 9.35. The fourth-order valence-corrected chi connectivity index (χ4v) is 3.95. The molecule has 1 nitrogen and oxygen atoms in total. The van der Waals surface area contributed by atoms with E-state index in [2.05, 4.69) is 35.9 Å². The van der Waals surface area contributed by atoms with E-state index >= 15 is 0 Å². The van der Waals surface area contributed by atoms with E-state index in [0.29, 0.717) is 0 Å². The van der Waals surface area contributed by atoms with Gasteiger partial charge in [-0.25, -0.2) is 0 Å². The van der Waals surface area contributed by atoms with Crippen LogP contribution in [-0.2, 0) is 0 Å². The molecule has 84 valence electrons. The highest BCUT2D eigenvalue weighted by Gasteiger charge is 2.23. The van der Waals surface area contributed by atoms with Crippen molar-refractivity contribution in [2.75, 3.05) is 0 Å². The maximum Gasteiger partial charge on any atom is 0.245 e. The molecule has 1 aromatic rings. The third kappa shape index (κ3) is 4.84. The Morgan fingerprint density at radius 2 is 2.07 bits per heavy atom. The average molecular weight is 287 g/mol. The Bertz CT molecular complexity index is 312. The zero-order valence-corrected chi connectivity index (χ0v) is 12.3. The van der Waals surface area contributed by atoms with Crippen LogP contribution in [0.2, 0.25) is 19.1 Å². The van der Waals surface area contributed by atoms with Crippen LogP contribution < -0.4 is 4.43 Å². The smallest absolute Gasteiger partial charge is 0.245 e. The lowest BCUT2D eigenvalue weighted by Crippen LogP contribution is -2.33. The van der Waals surface area contributed by atoms with Crippen molar-refractivity contribution in [1.29, 1.82) is 0 Å². The molecule has 0 atom stereocenters. The molecule has 0 radical (unpaired) electrons. The van der Waals surface area contributed by atoms with Gasteiger partial charge in [-0.1, -0.05) is 41.8 Å². The largest absolute Gasteiger partial charge is 0.544 e. The number of unbranched alkanes of at least 4 members (excludes halogenated alkanes) is 1. The minimum absolute atomic E-state index is 0.997. The molecule has 1 aromatic carbocycles. The maximum atomic E-state index is 6.09. The summed E-state index contributed by atoms with van der Waals surface area (Å²) in [5.41, 5.74) is 0. The Balaban J connectivity index is 2.60. The van der Waals surface area contributed by atoms with Crippen LogP contribution in [0.1, 0.15) is 19.8 Å². The van der Waals surface area contributed by atoms with Crippen LogP contribution in [-0.4, -0.2) is 8.32 Å². The van der Waals surface area contributed by atoms with Gasteiger partial charge < -0.3 is 4.43 Å². The first-order chi connectivity index (χ1) is 7.03. The van der Waals surface area contributed by atoms with Gasteiger partial charge in [0.15, 0.2) is 0 Å². The van der Waals surface area contributed by atoms with Crippen molar-refractivity contribution >= 4 is 24.2 Å². The molecular formula is C12H19BrOSi. The van der Waals surface area contributed by atoms with E-state index in [0.717, 1.165) is 10.2 Å². The molecule has 0 N–H and O–H groups in total. The summed E-state index contributed by atoms with van der Waals surface area (Å²) in [7, 11) is -1.51. The minimum Gasteiger partial charge on any atom is -0.544 e. The van der Waals surface area contributed by atoms with Gasteiger partial charge in [-0.05, 0) is 37.3 Å². The summed E-state index contributed by atoms with van der Waals surface area (Å²) in [6.45, 7) is 6.79. The number of benzene rings is 1. The number of hydrogen-bond donors (Lipinski definition) is 0. The molecule has 3 heteroatoms. The van der Waals surface area contributed by atoms with Gasteiger partial charge in [0.2, 0.25) is 8.32 Å². The second-order valence-electron chi connectivity index (χ2n) is 4.42. The Kier molecular flexibility index (Phi) is 4.86. The quantitative estimate of drug-likeness (QED) is 0.705. The first kappa shape index (κ1) is 12.8. The fraction of sp³-hybridized carbons (Fsp3) is 0.500. The van der Waals surface area contributed by atoms with Gasteiger partial charge in [-0.2, -0.15) is 0 Å². The van der Waals surface area contributed by atoms with Crippen molar-refractivity contribution in [3.63, 3.8) is 0 Å². The van der Waals surface area contributed by atoms with E-state index in [9.17, 15) is 0 Å². The normalized spacial score (nSPS) is 11.5. The Morgan fingerprint density at radius 3 is 2.67 bits per heavy atom. The van der Waals surface area contributed by atoms with E-state index < -0.39 is 8.32 Å². The summed E-state index contributed by atoms with van der Waals surface area (Å²) < 4.78 is 7.18. The van der Waals surface area contributed by atoms with Gasteiger partial charge >= 0.3 is 0 Å². The van der Waals surface area contributed by atoms with Crippen molar-refractivity contribution in [3.8, 4) is 5.75 Å². The number of halogens is 1. The molecule has 0 spiro atoms. The molecule has 15 heavy (non-hydrogen) atoms. The van der Waals surface area contributed by atoms with E-state index in [4.69, 9.17) is 4.43 Å². The van der Waals surface area contributed by atoms with Crippen molar-refractivity contribution in [2.45, 2.75) is 38.9 Å². The van der Waals surface area contributed by atoms with Crippen LogP contribution in [0.5, 0.6) is 5.75 Å². The summed E-state index contributed by atoms with van der Waals surface area (Å²) in [5.74, 6) is 0.997. The number of hydrogen-bond acceptors (Lipinski definition) is 1. The van der Waals surface area contributed by atoms with Gasteiger partial charge in [0.05, 0.1) is 0 Å². The Labute approximate surface area is 102 Å². The molecule has 0 amide bonds. The van der Waals surface area contributed by atoms with Gasteiger partial charge in [-0.15, -0.1) is 0 Å². The molecular weight excluding hydrogens is 268 g/mol. The molecule has 0 heterocycles. The second-order valence-corrected chi connectivity index (χ2v) is 9.56. The zero-order chi connectivity index (χ0) is 11.3. The molecule has 0 saturated carbocycles. The van der Waals surface area contributed by atoms with Gasteiger partial charge in [0.1, 0.15) is 5.75 Å². The third-order valence-corrected chi connectivity index (χ3v) is 5.16. The highest BCUT2D eigenvalue weighted by molar-refractivity contribution is 9.10. The summed E-state index contributed by atoms with van der Waals surface area (Å²) in [4.78, 5) is 0. The third-order valence-electron chi connectivity index (χ3n) is 2.32. The minimum atomic E-state index is -1.51. The van der Waals surface area contributed by atoms with Crippen molar-refractivity contribution < 1.29 is 4.43 Å². The van der Waals surface area contributed by atoms with Crippen molar-refractivity contribution in [3.05, 3.63) is 28.7 Å². The summed E-state index contributed by atoms with van der Waals surface area (Å²) >= 11 is 3.46. The molecule has 0 saturated heterocycles. The molecule has 0 aliphatic heterocycles. The summed E-state index contributed by atoms with van der Waals surface area (Å²) in [5, 5.41) is 0. The predicted octanol–water partition coefficient (Wildman–Crippen LogP) is 4.83. The predicted molar refractivity (Wildman–Crippen MR) is 72.0 cm³/mol. The van der Waals surface area contributed by atoms with Gasteiger partial charge in [0.25, 0.3) is 0 Å². The monoisotopic (exact) mass is 286 g/mol. The van der Waals surface area contributed by atoms with E-state index in [1.54, 1.807) is 0 Å². The SMILES string of the molecule is CCCC[Si](C)(C)Oc1cccc(Br)c1. The van der Waals surface area contributed by atoms with Crippen LogP contribution in [0.4, 0.5) is 0 Å². The molecule has 0 unspecified atom stereocenters. The lowest BCUT2D eigenvalue weighted by atomic mass is 10.3. The van der Waals surface area contributed by atoms with E-state index in [1.807, 2.05) is 24.3 Å². The van der Waals surface area contributed by atoms with Gasteiger partial charge in [0, 0.05) is 4.47 Å². The van der Waals surface area contributed by atoms with Gasteiger partial charge in [-0.3, -0.25) is 0 Å². The maximum absolute atomic E-state index is 6.09. The average Bonchev–Trinajstić information content (AvgIpc) is 2.14. The van der Waals surface area contributed by atoms with Crippen LogP contribution in [0.25, 0.3) is 0 Å². The van der Waals surface area contributed by atoms with Crippen LogP contribution in [0, 0.1) is 0 Å². The Morgan fingerprint density at radius 1 is 1.33 bits per heavy atom. The molecule has 0 fully saturated rings. The molecule has 0 aliphatic carbocycles. The molecule has 0 aromatic heterocycles. The topological polar surface area (TPSA) is 9.23 Å². The standard InChI is InChI=1S/C12H19BrOSi/c1-4-5-9-15(2,3)14-12-8-6-7-11(13)10-12/h6-8,10H,4-5,9H2,1-3H3. The van der Waals surface area contributed by atoms with E-state index in [-0.39, 0.29) is 0 Å². The van der Waals surface area contributed by atoms with Crippen molar-refractivity contribution in [2.24, 2.45) is 0 Å². The van der Waals surface area contributed by atoms with Crippen LogP contribution in [0.15, 0.2) is 28.7 Å². The zero-order valence-electron chi connectivity index (χ0n) is 9.72. The second kappa shape index (κ2) is 5.71. The van der Waals surface area contributed by atoms with Crippen molar-refractivity contribution in [1.82, 2.24) is 0 Å². The van der Waals surface area contributed by atoms with E-state index in [1.165, 1.54) is 18.9 Å². The highest BCUT2D eigenvalue weighted by atomic mass is 79.9. The lowest BCUT2D eigenvalue weighted by Gasteiger charge is -2.24. The van der Waals surface area contributed by atoms with Crippen LogP contribution >= 0.6 is 15.9 Å². The first-order valence-electron chi connectivity index (χ1n) is 5.48.